The summed E-state index contributed by atoms with van der Waals surface area (Å²) in [6.07, 6.45) is -0.508. The zero-order chi connectivity index (χ0) is 31.6. The van der Waals surface area contributed by atoms with Gasteiger partial charge in [-0.1, -0.05) is 18.2 Å². The Morgan fingerprint density at radius 3 is 2.55 bits per heavy atom. The number of anilines is 4. The van der Waals surface area contributed by atoms with E-state index in [0.29, 0.717) is 41.7 Å². The van der Waals surface area contributed by atoms with E-state index in [0.717, 1.165) is 5.56 Å². The van der Waals surface area contributed by atoms with E-state index in [4.69, 9.17) is 4.52 Å². The lowest BCUT2D eigenvalue weighted by molar-refractivity contribution is -0.137. The van der Waals surface area contributed by atoms with Gasteiger partial charge in [0.05, 0.1) is 37.2 Å². The number of nitrogens with zero attached hydrogens (tertiary/aromatic N) is 5. The molecule has 232 valence electrons. The molecule has 0 spiro atoms. The molecule has 2 aromatic carbocycles. The Bertz CT molecular complexity index is 1730. The molecule has 0 bridgehead atoms. The molecule has 1 amide bonds. The Labute approximate surface area is 251 Å². The number of aliphatic hydroxyl groups excluding tert-OH is 1. The van der Waals surface area contributed by atoms with Gasteiger partial charge in [0.2, 0.25) is 13.3 Å². The van der Waals surface area contributed by atoms with Crippen LogP contribution in [0.4, 0.5) is 36.3 Å². The SMILES string of the molecule is CCOP(C)(=O)Cc1ccc(Nc2ncc(C(F)(F)F)c(Nc3ccc(-c4cnn(CCO)c4)c4c3C(=O)N(C)C4)n2)cc1. The van der Waals surface area contributed by atoms with Crippen LogP contribution in [0.3, 0.4) is 0 Å². The van der Waals surface area contributed by atoms with Crippen molar-refractivity contribution in [2.24, 2.45) is 0 Å². The minimum absolute atomic E-state index is 0.0948. The first-order valence-corrected chi connectivity index (χ1v) is 16.0. The summed E-state index contributed by atoms with van der Waals surface area (Å²) < 4.78 is 61.5. The van der Waals surface area contributed by atoms with E-state index in [1.54, 1.807) is 68.0 Å². The summed E-state index contributed by atoms with van der Waals surface area (Å²) >= 11 is 0. The van der Waals surface area contributed by atoms with Crippen LogP contribution in [0.25, 0.3) is 11.1 Å². The van der Waals surface area contributed by atoms with Crippen LogP contribution in [0.15, 0.2) is 55.0 Å². The van der Waals surface area contributed by atoms with Crippen molar-refractivity contribution < 1.29 is 32.2 Å². The lowest BCUT2D eigenvalue weighted by Gasteiger charge is -2.17. The summed E-state index contributed by atoms with van der Waals surface area (Å²) in [7, 11) is -1.18. The second-order valence-electron chi connectivity index (χ2n) is 10.4. The third-order valence-corrected chi connectivity index (χ3v) is 8.72. The number of carbonyl (C=O) groups excluding carboxylic acids is 1. The summed E-state index contributed by atoms with van der Waals surface area (Å²) in [5.74, 6) is -0.978. The molecule has 5 rings (SSSR count). The summed E-state index contributed by atoms with van der Waals surface area (Å²) in [6, 6.07) is 10.1. The third-order valence-electron chi connectivity index (χ3n) is 6.97. The number of carbonyl (C=O) groups is 1. The molecule has 1 aliphatic rings. The van der Waals surface area contributed by atoms with Gasteiger partial charge in [-0.05, 0) is 41.8 Å². The lowest BCUT2D eigenvalue weighted by atomic mass is 9.97. The molecule has 3 N–H and O–H groups in total. The number of hydrogen-bond acceptors (Lipinski definition) is 9. The number of aromatic nitrogens is 4. The molecule has 0 saturated carbocycles. The van der Waals surface area contributed by atoms with Crippen molar-refractivity contribution in [3.8, 4) is 11.1 Å². The number of nitrogens with one attached hydrogen (secondary N) is 2. The van der Waals surface area contributed by atoms with Crippen molar-refractivity contribution in [1.29, 1.82) is 0 Å². The second kappa shape index (κ2) is 12.4. The van der Waals surface area contributed by atoms with Crippen LogP contribution in [-0.4, -0.2) is 62.6 Å². The number of hydrogen-bond donors (Lipinski definition) is 3. The highest BCUT2D eigenvalue weighted by molar-refractivity contribution is 7.57. The van der Waals surface area contributed by atoms with Gasteiger partial charge in [-0.15, -0.1) is 0 Å². The lowest BCUT2D eigenvalue weighted by Crippen LogP contribution is -2.18. The fourth-order valence-corrected chi connectivity index (χ4v) is 6.52. The monoisotopic (exact) mass is 629 g/mol. The number of amides is 1. The first-order chi connectivity index (χ1) is 20.9. The van der Waals surface area contributed by atoms with Crippen molar-refractivity contribution in [2.75, 3.05) is 37.6 Å². The van der Waals surface area contributed by atoms with Crippen molar-refractivity contribution >= 4 is 36.4 Å². The zero-order valence-corrected chi connectivity index (χ0v) is 25.1. The molecule has 0 radical (unpaired) electrons. The van der Waals surface area contributed by atoms with E-state index >= 15 is 0 Å². The minimum Gasteiger partial charge on any atom is -0.394 e. The molecule has 1 aliphatic heterocycles. The standard InChI is InChI=1S/C29H31F3N7O4P/c1-4-43-44(3,42)17-18-5-7-20(8-6-18)35-28-33-14-23(29(30,31)32)26(37-28)36-24-10-9-21(19-13-34-39(15-19)11-12-40)22-16-38(2)27(41)25(22)24/h5-10,13-15,40H,4,11-12,16-17H2,1-3H3,(H2,33,35,36,37). The molecular weight excluding hydrogens is 598 g/mol. The Morgan fingerprint density at radius 2 is 1.86 bits per heavy atom. The maximum Gasteiger partial charge on any atom is 0.421 e. The molecule has 0 aliphatic carbocycles. The van der Waals surface area contributed by atoms with Gasteiger partial charge in [-0.25, -0.2) is 4.98 Å². The number of fused-ring (bicyclic) bond motifs is 1. The van der Waals surface area contributed by atoms with Crippen molar-refractivity contribution in [3.05, 3.63) is 77.2 Å². The first kappa shape index (κ1) is 31.2. The highest BCUT2D eigenvalue weighted by atomic mass is 31.2. The second-order valence-corrected chi connectivity index (χ2v) is 13.0. The summed E-state index contributed by atoms with van der Waals surface area (Å²) in [4.78, 5) is 22.7. The van der Waals surface area contributed by atoms with Crippen LogP contribution in [0.2, 0.25) is 0 Å². The van der Waals surface area contributed by atoms with E-state index in [1.165, 1.54) is 11.0 Å². The van der Waals surface area contributed by atoms with E-state index in [2.05, 4.69) is 25.7 Å². The Morgan fingerprint density at radius 1 is 1.11 bits per heavy atom. The molecule has 0 fully saturated rings. The van der Waals surface area contributed by atoms with Gasteiger partial charge in [0, 0.05) is 50.1 Å². The van der Waals surface area contributed by atoms with Gasteiger partial charge >= 0.3 is 6.18 Å². The molecule has 15 heteroatoms. The van der Waals surface area contributed by atoms with Gasteiger partial charge in [0.25, 0.3) is 5.91 Å². The van der Waals surface area contributed by atoms with Gasteiger partial charge in [-0.3, -0.25) is 14.0 Å². The van der Waals surface area contributed by atoms with Gasteiger partial charge < -0.3 is 25.2 Å². The fraction of sp³-hybridized carbons (Fsp3) is 0.310. The van der Waals surface area contributed by atoms with E-state index < -0.39 is 24.9 Å². The molecule has 1 unspecified atom stereocenters. The predicted octanol–water partition coefficient (Wildman–Crippen LogP) is 5.87. The van der Waals surface area contributed by atoms with Crippen LogP contribution in [-0.2, 0) is 34.5 Å². The van der Waals surface area contributed by atoms with Crippen molar-refractivity contribution in [2.45, 2.75) is 32.4 Å². The smallest absolute Gasteiger partial charge is 0.394 e. The quantitative estimate of drug-likeness (QED) is 0.174. The number of halogens is 3. The zero-order valence-electron chi connectivity index (χ0n) is 24.2. The summed E-state index contributed by atoms with van der Waals surface area (Å²) in [5.41, 5.74) is 2.62. The molecule has 2 aromatic heterocycles. The normalized spacial score (nSPS) is 14.4. The van der Waals surface area contributed by atoms with Crippen LogP contribution < -0.4 is 10.6 Å². The number of aliphatic hydroxyl groups is 1. The van der Waals surface area contributed by atoms with Crippen LogP contribution in [0, 0.1) is 0 Å². The van der Waals surface area contributed by atoms with Crippen LogP contribution in [0.1, 0.15) is 34.0 Å². The van der Waals surface area contributed by atoms with Gasteiger partial charge in [0.1, 0.15) is 11.4 Å². The molecule has 44 heavy (non-hydrogen) atoms. The maximum atomic E-state index is 14.0. The third kappa shape index (κ3) is 6.77. The Hall–Kier alpha value is -4.26. The number of rotatable bonds is 11. The molecular formula is C29H31F3N7O4P. The fourth-order valence-electron chi connectivity index (χ4n) is 5.00. The average Bonchev–Trinajstić information content (AvgIpc) is 3.53. The van der Waals surface area contributed by atoms with Gasteiger partial charge in [0.15, 0.2) is 0 Å². The van der Waals surface area contributed by atoms with E-state index in [-0.39, 0.29) is 42.4 Å². The minimum atomic E-state index is -4.78. The molecule has 4 aromatic rings. The Balaban J connectivity index is 1.46. The van der Waals surface area contributed by atoms with Crippen LogP contribution in [0.5, 0.6) is 0 Å². The maximum absolute atomic E-state index is 14.0. The molecule has 11 nitrogen and oxygen atoms in total. The molecule has 3 heterocycles. The number of alkyl halides is 3. The molecule has 0 saturated heterocycles. The van der Waals surface area contributed by atoms with Crippen molar-refractivity contribution in [1.82, 2.24) is 24.6 Å². The largest absolute Gasteiger partial charge is 0.421 e. The summed E-state index contributed by atoms with van der Waals surface area (Å²) in [5, 5.41) is 19.1. The highest BCUT2D eigenvalue weighted by Gasteiger charge is 2.37. The highest BCUT2D eigenvalue weighted by Crippen LogP contribution is 2.46. The topological polar surface area (TPSA) is 134 Å². The van der Waals surface area contributed by atoms with Crippen LogP contribution >= 0.6 is 7.37 Å². The molecule has 1 atom stereocenters. The van der Waals surface area contributed by atoms with E-state index in [9.17, 15) is 27.6 Å². The predicted molar refractivity (Wildman–Crippen MR) is 159 cm³/mol. The van der Waals surface area contributed by atoms with E-state index in [1.807, 2.05) is 0 Å². The van der Waals surface area contributed by atoms with Crippen molar-refractivity contribution in [3.63, 3.8) is 0 Å². The number of benzene rings is 2. The first-order valence-electron chi connectivity index (χ1n) is 13.7. The summed E-state index contributed by atoms with van der Waals surface area (Å²) in [6.45, 7) is 4.12. The Kier molecular flexibility index (Phi) is 8.78. The van der Waals surface area contributed by atoms with Gasteiger partial charge in [-0.2, -0.15) is 23.3 Å². The average molecular weight is 630 g/mol.